The zero-order chi connectivity index (χ0) is 19.8. The second kappa shape index (κ2) is 6.90. The molecule has 1 aromatic carbocycles. The number of anilines is 1. The molecule has 2 heterocycles. The number of amides is 1. The number of rotatable bonds is 2. The van der Waals surface area contributed by atoms with Gasteiger partial charge in [0.1, 0.15) is 5.60 Å². The number of likely N-dealkylation sites (tertiary alicyclic amines) is 1. The Kier molecular flexibility index (Phi) is 4.92. The lowest BCUT2D eigenvalue weighted by atomic mass is 10.1. The summed E-state index contributed by atoms with van der Waals surface area (Å²) in [5.41, 5.74) is -1.07. The van der Waals surface area contributed by atoms with Gasteiger partial charge in [0, 0.05) is 36.4 Å². The molecule has 0 spiro atoms. The van der Waals surface area contributed by atoms with E-state index >= 15 is 0 Å². The van der Waals surface area contributed by atoms with Crippen LogP contribution in [-0.2, 0) is 10.9 Å². The quantitative estimate of drug-likeness (QED) is 0.821. The number of carbonyl (C=O) groups is 1. The number of alkyl halides is 3. The van der Waals surface area contributed by atoms with E-state index in [2.05, 4.69) is 10.3 Å². The van der Waals surface area contributed by atoms with Crippen molar-refractivity contribution in [1.29, 1.82) is 0 Å². The van der Waals surface area contributed by atoms with Crippen molar-refractivity contribution in [2.24, 2.45) is 0 Å². The molecule has 1 aromatic heterocycles. The minimum absolute atomic E-state index is 0.0719. The van der Waals surface area contributed by atoms with Crippen LogP contribution in [-0.4, -0.2) is 40.7 Å². The van der Waals surface area contributed by atoms with E-state index < -0.39 is 23.4 Å². The number of fused-ring (bicyclic) bond motifs is 1. The molecule has 0 bridgehead atoms. The van der Waals surface area contributed by atoms with Gasteiger partial charge in [-0.2, -0.15) is 13.2 Å². The average molecular weight is 381 g/mol. The van der Waals surface area contributed by atoms with Crippen molar-refractivity contribution in [1.82, 2.24) is 9.88 Å². The topological polar surface area (TPSA) is 54.5 Å². The predicted molar refractivity (Wildman–Crippen MR) is 96.6 cm³/mol. The largest absolute Gasteiger partial charge is 0.444 e. The van der Waals surface area contributed by atoms with E-state index in [1.54, 1.807) is 43.9 Å². The van der Waals surface area contributed by atoms with Gasteiger partial charge in [-0.05, 0) is 45.4 Å². The zero-order valence-electron chi connectivity index (χ0n) is 15.4. The van der Waals surface area contributed by atoms with Crippen molar-refractivity contribution in [2.75, 3.05) is 18.4 Å². The summed E-state index contributed by atoms with van der Waals surface area (Å²) in [6.45, 7) is 6.24. The highest BCUT2D eigenvalue weighted by Gasteiger charge is 2.34. The molecule has 1 amide bonds. The van der Waals surface area contributed by atoms with Crippen molar-refractivity contribution in [3.63, 3.8) is 0 Å². The second-order valence-electron chi connectivity index (χ2n) is 7.65. The fourth-order valence-corrected chi connectivity index (χ4v) is 3.10. The van der Waals surface area contributed by atoms with Gasteiger partial charge in [0.05, 0.1) is 11.1 Å². The number of hydrogen-bond donors (Lipinski definition) is 1. The number of aromatic nitrogens is 1. The van der Waals surface area contributed by atoms with Crippen molar-refractivity contribution in [3.8, 4) is 0 Å². The Bertz CT molecular complexity index is 846. The van der Waals surface area contributed by atoms with Crippen LogP contribution in [0.1, 0.15) is 32.8 Å². The molecule has 8 heteroatoms. The summed E-state index contributed by atoms with van der Waals surface area (Å²) >= 11 is 0. The lowest BCUT2D eigenvalue weighted by Gasteiger charge is -2.24. The molecular formula is C19H22F3N3O2. The number of benzene rings is 1. The van der Waals surface area contributed by atoms with Gasteiger partial charge in [-0.25, -0.2) is 4.79 Å². The molecule has 5 nitrogen and oxygen atoms in total. The molecule has 1 atom stereocenters. The molecular weight excluding hydrogens is 359 g/mol. The van der Waals surface area contributed by atoms with E-state index in [1.165, 1.54) is 6.20 Å². The van der Waals surface area contributed by atoms with E-state index in [4.69, 9.17) is 4.74 Å². The summed E-state index contributed by atoms with van der Waals surface area (Å²) in [6, 6.07) is 5.78. The van der Waals surface area contributed by atoms with Crippen LogP contribution in [0.2, 0.25) is 0 Å². The molecule has 0 unspecified atom stereocenters. The van der Waals surface area contributed by atoms with Crippen LogP contribution in [0.15, 0.2) is 30.5 Å². The smallest absolute Gasteiger partial charge is 0.418 e. The van der Waals surface area contributed by atoms with Gasteiger partial charge in [-0.15, -0.1) is 0 Å². The van der Waals surface area contributed by atoms with E-state index in [-0.39, 0.29) is 11.6 Å². The van der Waals surface area contributed by atoms with Gasteiger partial charge >= 0.3 is 12.3 Å². The Labute approximate surface area is 155 Å². The third kappa shape index (κ3) is 4.61. The number of halogens is 3. The first-order valence-electron chi connectivity index (χ1n) is 8.73. The molecule has 27 heavy (non-hydrogen) atoms. The van der Waals surface area contributed by atoms with Crippen molar-refractivity contribution >= 4 is 22.7 Å². The third-order valence-corrected chi connectivity index (χ3v) is 4.22. The minimum atomic E-state index is -4.50. The molecule has 0 saturated carbocycles. The Balaban J connectivity index is 1.77. The number of hydrogen-bond acceptors (Lipinski definition) is 4. The van der Waals surface area contributed by atoms with Gasteiger partial charge in [-0.3, -0.25) is 4.98 Å². The first-order chi connectivity index (χ1) is 12.5. The van der Waals surface area contributed by atoms with Gasteiger partial charge in [0.2, 0.25) is 0 Å². The maximum atomic E-state index is 13.4. The van der Waals surface area contributed by atoms with Crippen molar-refractivity contribution in [3.05, 3.63) is 36.0 Å². The van der Waals surface area contributed by atoms with Gasteiger partial charge in [0.25, 0.3) is 0 Å². The number of carbonyl (C=O) groups excluding carboxylic acids is 1. The fourth-order valence-electron chi connectivity index (χ4n) is 3.10. The number of nitrogens with one attached hydrogen (secondary N) is 1. The predicted octanol–water partition coefficient (Wildman–Crippen LogP) is 4.67. The van der Waals surface area contributed by atoms with Crippen LogP contribution in [0.3, 0.4) is 0 Å². The monoisotopic (exact) mass is 381 g/mol. The summed E-state index contributed by atoms with van der Waals surface area (Å²) in [4.78, 5) is 17.6. The Morgan fingerprint density at radius 1 is 1.30 bits per heavy atom. The highest BCUT2D eigenvalue weighted by Crippen LogP contribution is 2.36. The highest BCUT2D eigenvalue weighted by atomic mass is 19.4. The first kappa shape index (κ1) is 19.3. The van der Waals surface area contributed by atoms with Crippen LogP contribution in [0.25, 0.3) is 10.9 Å². The Hall–Kier alpha value is -2.51. The maximum absolute atomic E-state index is 13.4. The first-order valence-corrected chi connectivity index (χ1v) is 8.73. The van der Waals surface area contributed by atoms with Crippen molar-refractivity contribution in [2.45, 2.75) is 45.0 Å². The molecule has 146 valence electrons. The van der Waals surface area contributed by atoms with E-state index in [1.807, 2.05) is 0 Å². The summed E-state index contributed by atoms with van der Waals surface area (Å²) in [7, 11) is 0. The molecule has 1 saturated heterocycles. The summed E-state index contributed by atoms with van der Waals surface area (Å²) < 4.78 is 45.5. The molecule has 1 N–H and O–H groups in total. The van der Waals surface area contributed by atoms with Crippen LogP contribution >= 0.6 is 0 Å². The lowest BCUT2D eigenvalue weighted by molar-refractivity contribution is -0.136. The lowest BCUT2D eigenvalue weighted by Crippen LogP contribution is -2.36. The standard InChI is InChI=1S/C19H22F3N3O2/c1-18(2,3)27-17(26)25-8-6-13(11-25)24-14-9-12-5-4-7-23-16(12)15(10-14)19(20,21)22/h4-5,7,9-10,13,24H,6,8,11H2,1-3H3/t13-/m1/s1. The van der Waals surface area contributed by atoms with Crippen LogP contribution in [0.5, 0.6) is 0 Å². The fraction of sp³-hybridized carbons (Fsp3) is 0.474. The highest BCUT2D eigenvalue weighted by molar-refractivity contribution is 5.86. The molecule has 1 fully saturated rings. The molecule has 1 aliphatic rings. The summed E-state index contributed by atoms with van der Waals surface area (Å²) in [5.74, 6) is 0. The van der Waals surface area contributed by atoms with Gasteiger partial charge in [0.15, 0.2) is 0 Å². The summed E-state index contributed by atoms with van der Waals surface area (Å²) in [6.07, 6.45) is -2.93. The Morgan fingerprint density at radius 2 is 2.04 bits per heavy atom. The van der Waals surface area contributed by atoms with Crippen molar-refractivity contribution < 1.29 is 22.7 Å². The average Bonchev–Trinajstić information content (AvgIpc) is 3.00. The van der Waals surface area contributed by atoms with E-state index in [0.29, 0.717) is 30.6 Å². The van der Waals surface area contributed by atoms with E-state index in [0.717, 1.165) is 6.07 Å². The molecule has 0 radical (unpaired) electrons. The van der Waals surface area contributed by atoms with Gasteiger partial charge < -0.3 is 15.0 Å². The number of nitrogens with zero attached hydrogens (tertiary/aromatic N) is 2. The van der Waals surface area contributed by atoms with Gasteiger partial charge in [-0.1, -0.05) is 6.07 Å². The zero-order valence-corrected chi connectivity index (χ0v) is 15.4. The molecule has 3 rings (SSSR count). The maximum Gasteiger partial charge on any atom is 0.418 e. The third-order valence-electron chi connectivity index (χ3n) is 4.22. The normalized spacial score (nSPS) is 18.0. The molecule has 1 aliphatic heterocycles. The SMILES string of the molecule is CC(C)(C)OC(=O)N1CC[C@@H](Nc2cc(C(F)(F)F)c3ncccc3c2)C1. The second-order valence-corrected chi connectivity index (χ2v) is 7.65. The molecule has 2 aromatic rings. The van der Waals surface area contributed by atoms with Crippen LogP contribution < -0.4 is 5.32 Å². The minimum Gasteiger partial charge on any atom is -0.444 e. The van der Waals surface area contributed by atoms with Crippen LogP contribution in [0, 0.1) is 0 Å². The summed E-state index contributed by atoms with van der Waals surface area (Å²) in [5, 5.41) is 3.53. The number of ether oxygens (including phenoxy) is 1. The van der Waals surface area contributed by atoms with Crippen LogP contribution in [0.4, 0.5) is 23.7 Å². The Morgan fingerprint density at radius 3 is 2.70 bits per heavy atom. The number of pyridine rings is 1. The molecule has 0 aliphatic carbocycles. The van der Waals surface area contributed by atoms with E-state index in [9.17, 15) is 18.0 Å².